The maximum atomic E-state index is 13.0. The van der Waals surface area contributed by atoms with Crippen LogP contribution in [-0.4, -0.2) is 61.7 Å². The number of carbonyl (C=O) groups is 1. The van der Waals surface area contributed by atoms with Crippen molar-refractivity contribution in [1.82, 2.24) is 14.2 Å². The summed E-state index contributed by atoms with van der Waals surface area (Å²) in [6, 6.07) is 20.8. The smallest absolute Gasteiger partial charge is 0.255 e. The van der Waals surface area contributed by atoms with E-state index in [2.05, 4.69) is 15.2 Å². The van der Waals surface area contributed by atoms with Gasteiger partial charge in [0.05, 0.1) is 4.90 Å². The van der Waals surface area contributed by atoms with Gasteiger partial charge in [-0.3, -0.25) is 4.79 Å². The van der Waals surface area contributed by atoms with Crippen LogP contribution in [0.2, 0.25) is 0 Å². The second kappa shape index (κ2) is 9.02. The second-order valence-corrected chi connectivity index (χ2v) is 10.2. The van der Waals surface area contributed by atoms with Gasteiger partial charge in [0.15, 0.2) is 5.58 Å². The number of rotatable bonds is 5. The number of sulfonamides is 1. The summed E-state index contributed by atoms with van der Waals surface area (Å²) in [4.78, 5) is 19.5. The van der Waals surface area contributed by atoms with E-state index in [1.54, 1.807) is 24.3 Å². The topological polar surface area (TPSA) is 95.8 Å². The van der Waals surface area contributed by atoms with Gasteiger partial charge < -0.3 is 14.6 Å². The summed E-state index contributed by atoms with van der Waals surface area (Å²) in [7, 11) is -1.69. The van der Waals surface area contributed by atoms with E-state index in [0.717, 1.165) is 11.1 Å². The van der Waals surface area contributed by atoms with Crippen molar-refractivity contribution in [3.8, 4) is 11.5 Å². The number of oxazole rings is 1. The Labute approximate surface area is 197 Å². The summed E-state index contributed by atoms with van der Waals surface area (Å²) in [5, 5.41) is 2.82. The molecule has 1 aliphatic rings. The molecule has 174 valence electrons. The minimum absolute atomic E-state index is 0.121. The number of fused-ring (bicyclic) bond motifs is 1. The van der Waals surface area contributed by atoms with Crippen molar-refractivity contribution in [2.75, 3.05) is 38.5 Å². The first-order valence-corrected chi connectivity index (χ1v) is 12.4. The van der Waals surface area contributed by atoms with Crippen LogP contribution in [0, 0.1) is 0 Å². The van der Waals surface area contributed by atoms with Gasteiger partial charge >= 0.3 is 0 Å². The predicted octanol–water partition coefficient (Wildman–Crippen LogP) is 3.68. The van der Waals surface area contributed by atoms with Crippen LogP contribution in [0.1, 0.15) is 10.4 Å². The summed E-state index contributed by atoms with van der Waals surface area (Å²) < 4.78 is 33.3. The SMILES string of the molecule is CN1CCN(S(=O)(=O)c2cccc(C(=O)Nc3ccc(-c4nc5ccccc5o4)cc3)c2)CC1. The quantitative estimate of drug-likeness (QED) is 0.472. The zero-order valence-electron chi connectivity index (χ0n) is 18.6. The molecule has 0 atom stereocenters. The van der Waals surface area contributed by atoms with Gasteiger partial charge in [-0.2, -0.15) is 4.31 Å². The largest absolute Gasteiger partial charge is 0.436 e. The Morgan fingerprint density at radius 3 is 2.41 bits per heavy atom. The average molecular weight is 477 g/mol. The van der Waals surface area contributed by atoms with Crippen molar-refractivity contribution in [3.63, 3.8) is 0 Å². The summed E-state index contributed by atoms with van der Waals surface area (Å²) in [6.45, 7) is 2.22. The molecule has 4 aromatic rings. The number of benzene rings is 3. The fourth-order valence-corrected chi connectivity index (χ4v) is 5.34. The Bertz CT molecular complexity index is 1410. The van der Waals surface area contributed by atoms with Gasteiger partial charge in [0.1, 0.15) is 5.52 Å². The van der Waals surface area contributed by atoms with Crippen molar-refractivity contribution in [3.05, 3.63) is 78.4 Å². The van der Waals surface area contributed by atoms with Gasteiger partial charge in [0.25, 0.3) is 5.91 Å². The molecule has 0 radical (unpaired) electrons. The number of amides is 1. The van der Waals surface area contributed by atoms with Crippen LogP contribution in [0.3, 0.4) is 0 Å². The second-order valence-electron chi connectivity index (χ2n) is 8.25. The standard InChI is InChI=1S/C25H24N4O4S/c1-28-13-15-29(16-14-28)34(31,32)21-6-4-5-19(17-21)24(30)26-20-11-9-18(10-12-20)25-27-22-7-2-3-8-23(22)33-25/h2-12,17H,13-16H2,1H3,(H,26,30). The number of hydrogen-bond donors (Lipinski definition) is 1. The van der Waals surface area contributed by atoms with Crippen molar-refractivity contribution in [2.24, 2.45) is 0 Å². The predicted molar refractivity (Wildman–Crippen MR) is 130 cm³/mol. The van der Waals surface area contributed by atoms with E-state index in [4.69, 9.17) is 4.42 Å². The van der Waals surface area contributed by atoms with Crippen molar-refractivity contribution < 1.29 is 17.6 Å². The molecule has 1 amide bonds. The van der Waals surface area contributed by atoms with Crippen LogP contribution < -0.4 is 5.32 Å². The van der Waals surface area contributed by atoms with Gasteiger partial charge in [-0.1, -0.05) is 18.2 Å². The van der Waals surface area contributed by atoms with Gasteiger partial charge in [-0.25, -0.2) is 13.4 Å². The number of nitrogens with zero attached hydrogens (tertiary/aromatic N) is 3. The number of nitrogens with one attached hydrogen (secondary N) is 1. The van der Waals surface area contributed by atoms with Crippen molar-refractivity contribution in [2.45, 2.75) is 4.90 Å². The summed E-state index contributed by atoms with van der Waals surface area (Å²) >= 11 is 0. The maximum Gasteiger partial charge on any atom is 0.255 e. The lowest BCUT2D eigenvalue weighted by Gasteiger charge is -2.31. The number of carbonyl (C=O) groups excluding carboxylic acids is 1. The lowest BCUT2D eigenvalue weighted by molar-refractivity contribution is 0.102. The van der Waals surface area contributed by atoms with E-state index in [1.807, 2.05) is 43.4 Å². The highest BCUT2D eigenvalue weighted by atomic mass is 32.2. The third-order valence-electron chi connectivity index (χ3n) is 5.88. The van der Waals surface area contributed by atoms with Gasteiger partial charge in [0.2, 0.25) is 15.9 Å². The highest BCUT2D eigenvalue weighted by Crippen LogP contribution is 2.25. The Balaban J connectivity index is 1.30. The van der Waals surface area contributed by atoms with E-state index >= 15 is 0 Å². The van der Waals surface area contributed by atoms with E-state index in [-0.39, 0.29) is 16.4 Å². The third kappa shape index (κ3) is 4.45. The van der Waals surface area contributed by atoms with Gasteiger partial charge in [-0.15, -0.1) is 0 Å². The molecule has 5 rings (SSSR count). The normalized spacial score (nSPS) is 15.4. The van der Waals surface area contributed by atoms with Crippen LogP contribution in [0.25, 0.3) is 22.6 Å². The first-order valence-electron chi connectivity index (χ1n) is 11.0. The van der Waals surface area contributed by atoms with Crippen LogP contribution >= 0.6 is 0 Å². The summed E-state index contributed by atoms with van der Waals surface area (Å²) in [5.41, 5.74) is 3.13. The molecule has 0 bridgehead atoms. The highest BCUT2D eigenvalue weighted by Gasteiger charge is 2.28. The number of aromatic nitrogens is 1. The van der Waals surface area contributed by atoms with Gasteiger partial charge in [0, 0.05) is 43.0 Å². The van der Waals surface area contributed by atoms with Crippen molar-refractivity contribution >= 4 is 32.7 Å². The number of anilines is 1. The van der Waals surface area contributed by atoms with E-state index in [9.17, 15) is 13.2 Å². The van der Waals surface area contributed by atoms with Gasteiger partial charge in [-0.05, 0) is 61.6 Å². The number of hydrogen-bond acceptors (Lipinski definition) is 6. The lowest BCUT2D eigenvalue weighted by atomic mass is 10.2. The first kappa shape index (κ1) is 22.3. The van der Waals surface area contributed by atoms with Crippen LogP contribution in [0.4, 0.5) is 5.69 Å². The maximum absolute atomic E-state index is 13.0. The Morgan fingerprint density at radius 1 is 0.941 bits per heavy atom. The molecule has 1 fully saturated rings. The number of likely N-dealkylation sites (N-methyl/N-ethyl adjacent to an activating group) is 1. The minimum Gasteiger partial charge on any atom is -0.436 e. The van der Waals surface area contributed by atoms with Crippen LogP contribution in [-0.2, 0) is 10.0 Å². The number of piperazine rings is 1. The molecule has 0 spiro atoms. The van der Waals surface area contributed by atoms with E-state index < -0.39 is 10.0 Å². The first-order chi connectivity index (χ1) is 16.4. The zero-order chi connectivity index (χ0) is 23.7. The molecule has 1 aromatic heterocycles. The summed E-state index contributed by atoms with van der Waals surface area (Å²) in [5.74, 6) is 0.117. The minimum atomic E-state index is -3.65. The molecule has 34 heavy (non-hydrogen) atoms. The Hall–Kier alpha value is -3.53. The summed E-state index contributed by atoms with van der Waals surface area (Å²) in [6.07, 6.45) is 0. The molecule has 0 saturated carbocycles. The van der Waals surface area contributed by atoms with E-state index in [0.29, 0.717) is 43.3 Å². The number of para-hydroxylation sites is 2. The van der Waals surface area contributed by atoms with Crippen molar-refractivity contribution in [1.29, 1.82) is 0 Å². The molecule has 0 aliphatic carbocycles. The molecule has 1 saturated heterocycles. The highest BCUT2D eigenvalue weighted by molar-refractivity contribution is 7.89. The molecular weight excluding hydrogens is 452 g/mol. The molecule has 3 aromatic carbocycles. The van der Waals surface area contributed by atoms with Crippen LogP contribution in [0.15, 0.2) is 82.1 Å². The Morgan fingerprint density at radius 2 is 1.68 bits per heavy atom. The fraction of sp³-hybridized carbons (Fsp3) is 0.200. The van der Waals surface area contributed by atoms with E-state index in [1.165, 1.54) is 16.4 Å². The molecule has 2 heterocycles. The monoisotopic (exact) mass is 476 g/mol. The lowest BCUT2D eigenvalue weighted by Crippen LogP contribution is -2.47. The molecule has 1 aliphatic heterocycles. The fourth-order valence-electron chi connectivity index (χ4n) is 3.87. The Kier molecular flexibility index (Phi) is 5.91. The molecular formula is C25H24N4O4S. The molecule has 1 N–H and O–H groups in total. The molecule has 0 unspecified atom stereocenters. The molecule has 8 nitrogen and oxygen atoms in total. The average Bonchev–Trinajstić information content (AvgIpc) is 3.29. The van der Waals surface area contributed by atoms with Crippen LogP contribution in [0.5, 0.6) is 0 Å². The third-order valence-corrected chi connectivity index (χ3v) is 7.77. The molecule has 9 heteroatoms. The zero-order valence-corrected chi connectivity index (χ0v) is 19.5.